The molecule has 0 saturated heterocycles. The van der Waals surface area contributed by atoms with Gasteiger partial charge in [0.15, 0.2) is 6.61 Å². The van der Waals surface area contributed by atoms with E-state index >= 15 is 0 Å². The summed E-state index contributed by atoms with van der Waals surface area (Å²) in [6.45, 7) is 3.80. The smallest absolute Gasteiger partial charge is 0.277 e. The van der Waals surface area contributed by atoms with E-state index in [1.165, 1.54) is 6.21 Å². The summed E-state index contributed by atoms with van der Waals surface area (Å²) < 4.78 is 5.51. The third kappa shape index (κ3) is 4.00. The van der Waals surface area contributed by atoms with Crippen molar-refractivity contribution in [2.45, 2.75) is 13.8 Å². The molecule has 0 aromatic heterocycles. The van der Waals surface area contributed by atoms with Crippen LogP contribution in [0.25, 0.3) is 10.8 Å². The van der Waals surface area contributed by atoms with E-state index in [1.54, 1.807) is 6.07 Å². The molecule has 0 fully saturated rings. The van der Waals surface area contributed by atoms with E-state index in [-0.39, 0.29) is 18.3 Å². The fourth-order valence-corrected chi connectivity index (χ4v) is 2.73. The maximum Gasteiger partial charge on any atom is 0.277 e. The van der Waals surface area contributed by atoms with Gasteiger partial charge in [-0.2, -0.15) is 5.10 Å². The van der Waals surface area contributed by atoms with Gasteiger partial charge in [0.25, 0.3) is 5.91 Å². The van der Waals surface area contributed by atoms with E-state index in [0.29, 0.717) is 11.3 Å². The van der Waals surface area contributed by atoms with Crippen LogP contribution in [0, 0.1) is 13.8 Å². The summed E-state index contributed by atoms with van der Waals surface area (Å²) >= 11 is 0. The van der Waals surface area contributed by atoms with Crippen molar-refractivity contribution in [2.24, 2.45) is 5.10 Å². The SMILES string of the molecule is Cc1ccc(OCC(=O)N/N=C/c2c(O)ccc3ccccc23)c(C)c1. The van der Waals surface area contributed by atoms with Crippen molar-refractivity contribution < 1.29 is 14.6 Å². The van der Waals surface area contributed by atoms with Crippen LogP contribution in [0.4, 0.5) is 0 Å². The number of carbonyl (C=O) groups is 1. The van der Waals surface area contributed by atoms with Gasteiger partial charge in [-0.05, 0) is 42.3 Å². The summed E-state index contributed by atoms with van der Waals surface area (Å²) in [6, 6.07) is 16.9. The summed E-state index contributed by atoms with van der Waals surface area (Å²) in [5.41, 5.74) is 5.08. The van der Waals surface area contributed by atoms with Crippen molar-refractivity contribution in [3.8, 4) is 11.5 Å². The van der Waals surface area contributed by atoms with Crippen LogP contribution in [0.15, 0.2) is 59.7 Å². The second kappa shape index (κ2) is 7.70. The van der Waals surface area contributed by atoms with Crippen molar-refractivity contribution in [2.75, 3.05) is 6.61 Å². The van der Waals surface area contributed by atoms with E-state index in [0.717, 1.165) is 21.9 Å². The Bertz CT molecular complexity index is 980. The number of amides is 1. The molecule has 0 heterocycles. The molecule has 3 aromatic carbocycles. The third-order valence-corrected chi connectivity index (χ3v) is 4.02. The number of nitrogens with zero attached hydrogens (tertiary/aromatic N) is 1. The minimum Gasteiger partial charge on any atom is -0.507 e. The molecule has 0 aliphatic heterocycles. The van der Waals surface area contributed by atoms with Crippen LogP contribution in [-0.2, 0) is 4.79 Å². The minimum atomic E-state index is -0.374. The summed E-state index contributed by atoms with van der Waals surface area (Å²) in [4.78, 5) is 11.9. The maximum absolute atomic E-state index is 11.9. The zero-order chi connectivity index (χ0) is 18.5. The highest BCUT2D eigenvalue weighted by molar-refractivity contribution is 6.02. The maximum atomic E-state index is 11.9. The highest BCUT2D eigenvalue weighted by atomic mass is 16.5. The van der Waals surface area contributed by atoms with Gasteiger partial charge < -0.3 is 9.84 Å². The molecule has 3 aromatic rings. The molecule has 0 aliphatic carbocycles. The number of hydrazone groups is 1. The third-order valence-electron chi connectivity index (χ3n) is 4.02. The number of aryl methyl sites for hydroxylation is 2. The van der Waals surface area contributed by atoms with E-state index in [9.17, 15) is 9.90 Å². The number of fused-ring (bicyclic) bond motifs is 1. The predicted molar refractivity (Wildman–Crippen MR) is 103 cm³/mol. The average molecular weight is 348 g/mol. The first kappa shape index (κ1) is 17.5. The molecule has 1 amide bonds. The summed E-state index contributed by atoms with van der Waals surface area (Å²) in [5, 5.41) is 15.8. The minimum absolute atomic E-state index is 0.105. The number of benzene rings is 3. The van der Waals surface area contributed by atoms with Crippen molar-refractivity contribution in [3.05, 3.63) is 71.3 Å². The topological polar surface area (TPSA) is 70.9 Å². The van der Waals surface area contributed by atoms with E-state index < -0.39 is 0 Å². The van der Waals surface area contributed by atoms with Gasteiger partial charge in [-0.25, -0.2) is 5.43 Å². The van der Waals surface area contributed by atoms with Crippen molar-refractivity contribution in [1.29, 1.82) is 0 Å². The van der Waals surface area contributed by atoms with Gasteiger partial charge in [-0.3, -0.25) is 4.79 Å². The van der Waals surface area contributed by atoms with Gasteiger partial charge in [-0.15, -0.1) is 0 Å². The Morgan fingerprint density at radius 3 is 2.77 bits per heavy atom. The second-order valence-corrected chi connectivity index (χ2v) is 6.07. The number of hydrogen-bond acceptors (Lipinski definition) is 4. The summed E-state index contributed by atoms with van der Waals surface area (Å²) in [5.74, 6) is 0.399. The lowest BCUT2D eigenvalue weighted by Gasteiger charge is -2.08. The Morgan fingerprint density at radius 2 is 1.96 bits per heavy atom. The molecule has 26 heavy (non-hydrogen) atoms. The Hall–Kier alpha value is -3.34. The first-order valence-corrected chi connectivity index (χ1v) is 8.27. The molecule has 0 atom stereocenters. The van der Waals surface area contributed by atoms with Crippen molar-refractivity contribution in [3.63, 3.8) is 0 Å². The monoisotopic (exact) mass is 348 g/mol. The number of phenolic OH excluding ortho intramolecular Hbond substituents is 1. The number of rotatable bonds is 5. The first-order chi connectivity index (χ1) is 12.5. The number of ether oxygens (including phenoxy) is 1. The van der Waals surface area contributed by atoms with Gasteiger partial charge in [0.2, 0.25) is 0 Å². The van der Waals surface area contributed by atoms with Crippen LogP contribution in [-0.4, -0.2) is 23.8 Å². The fraction of sp³-hybridized carbons (Fsp3) is 0.143. The van der Waals surface area contributed by atoms with E-state index in [2.05, 4.69) is 10.5 Å². The van der Waals surface area contributed by atoms with Crippen LogP contribution in [0.3, 0.4) is 0 Å². The van der Waals surface area contributed by atoms with Crippen LogP contribution in [0.2, 0.25) is 0 Å². The van der Waals surface area contributed by atoms with Gasteiger partial charge in [-0.1, -0.05) is 48.0 Å². The van der Waals surface area contributed by atoms with Crippen LogP contribution < -0.4 is 10.2 Å². The Labute approximate surface area is 151 Å². The van der Waals surface area contributed by atoms with E-state index in [1.807, 2.05) is 62.4 Å². The fourth-order valence-electron chi connectivity index (χ4n) is 2.73. The molecule has 0 aliphatic rings. The average Bonchev–Trinajstić information content (AvgIpc) is 2.63. The molecular formula is C21H20N2O3. The molecule has 0 radical (unpaired) electrons. The lowest BCUT2D eigenvalue weighted by molar-refractivity contribution is -0.123. The highest BCUT2D eigenvalue weighted by Gasteiger charge is 2.06. The molecule has 2 N–H and O–H groups in total. The van der Waals surface area contributed by atoms with Crippen molar-refractivity contribution in [1.82, 2.24) is 5.43 Å². The van der Waals surface area contributed by atoms with Gasteiger partial charge in [0, 0.05) is 5.56 Å². The van der Waals surface area contributed by atoms with Gasteiger partial charge >= 0.3 is 0 Å². The van der Waals surface area contributed by atoms with Gasteiger partial charge in [0.05, 0.1) is 6.21 Å². The van der Waals surface area contributed by atoms with E-state index in [4.69, 9.17) is 4.74 Å². The Balaban J connectivity index is 1.64. The molecule has 0 unspecified atom stereocenters. The number of nitrogens with one attached hydrogen (secondary N) is 1. The zero-order valence-electron chi connectivity index (χ0n) is 14.7. The molecule has 0 saturated carbocycles. The zero-order valence-corrected chi connectivity index (χ0v) is 14.7. The lowest BCUT2D eigenvalue weighted by Crippen LogP contribution is -2.24. The Kier molecular flexibility index (Phi) is 5.17. The number of phenols is 1. The summed E-state index contributed by atoms with van der Waals surface area (Å²) in [7, 11) is 0. The number of carbonyl (C=O) groups excluding carboxylic acids is 1. The molecule has 132 valence electrons. The highest BCUT2D eigenvalue weighted by Crippen LogP contribution is 2.25. The number of hydrogen-bond donors (Lipinski definition) is 2. The number of aromatic hydroxyl groups is 1. The lowest BCUT2D eigenvalue weighted by atomic mass is 10.0. The normalized spacial score (nSPS) is 11.0. The van der Waals surface area contributed by atoms with Crippen LogP contribution in [0.1, 0.15) is 16.7 Å². The molecule has 5 heteroatoms. The summed E-state index contributed by atoms with van der Waals surface area (Å²) in [6.07, 6.45) is 1.44. The van der Waals surface area contributed by atoms with Gasteiger partial charge in [0.1, 0.15) is 11.5 Å². The Morgan fingerprint density at radius 1 is 1.15 bits per heavy atom. The molecule has 3 rings (SSSR count). The largest absolute Gasteiger partial charge is 0.507 e. The molecule has 5 nitrogen and oxygen atoms in total. The first-order valence-electron chi connectivity index (χ1n) is 8.27. The second-order valence-electron chi connectivity index (χ2n) is 6.07. The molecular weight excluding hydrogens is 328 g/mol. The van der Waals surface area contributed by atoms with Crippen LogP contribution in [0.5, 0.6) is 11.5 Å². The predicted octanol–water partition coefficient (Wildman–Crippen LogP) is 3.69. The molecule has 0 bridgehead atoms. The van der Waals surface area contributed by atoms with Crippen molar-refractivity contribution >= 4 is 22.9 Å². The standard InChI is InChI=1S/C21H20N2O3/c1-14-7-10-20(15(2)11-14)26-13-21(25)23-22-12-18-17-6-4-3-5-16(17)8-9-19(18)24/h3-12,24H,13H2,1-2H3,(H,23,25)/b22-12+. The quantitative estimate of drug-likeness (QED) is 0.546. The van der Waals surface area contributed by atoms with Crippen LogP contribution >= 0.6 is 0 Å². The molecule has 0 spiro atoms.